The summed E-state index contributed by atoms with van der Waals surface area (Å²) >= 11 is 0. The van der Waals surface area contributed by atoms with Crippen LogP contribution in [0, 0.1) is 5.41 Å². The van der Waals surface area contributed by atoms with Gasteiger partial charge >= 0.3 is 0 Å². The summed E-state index contributed by atoms with van der Waals surface area (Å²) in [6, 6.07) is 16.9. The zero-order valence-corrected chi connectivity index (χ0v) is 17.6. The van der Waals surface area contributed by atoms with Gasteiger partial charge in [-0.3, -0.25) is 14.6 Å². The highest BCUT2D eigenvalue weighted by Crippen LogP contribution is 2.35. The molecular weight excluding hydrogens is 392 g/mol. The Morgan fingerprint density at radius 2 is 1.97 bits per heavy atom. The van der Waals surface area contributed by atoms with Gasteiger partial charge in [-0.05, 0) is 31.9 Å². The Hall–Kier alpha value is -3.48. The SMILES string of the molecule is CCNC(=O)C1(Cc2cc(-c3ccccc3)no2)CCCN(C(=O)c2ccccn2)C1. The van der Waals surface area contributed by atoms with Crippen LogP contribution in [0.3, 0.4) is 0 Å². The molecular formula is C24H26N4O3. The zero-order chi connectivity index (χ0) is 21.7. The fourth-order valence-electron chi connectivity index (χ4n) is 4.19. The molecule has 2 aromatic heterocycles. The van der Waals surface area contributed by atoms with Gasteiger partial charge in [-0.15, -0.1) is 0 Å². The van der Waals surface area contributed by atoms with Crippen molar-refractivity contribution in [2.24, 2.45) is 5.41 Å². The van der Waals surface area contributed by atoms with Gasteiger partial charge in [0.1, 0.15) is 17.1 Å². The van der Waals surface area contributed by atoms with Crippen molar-refractivity contribution in [1.82, 2.24) is 20.4 Å². The van der Waals surface area contributed by atoms with E-state index >= 15 is 0 Å². The van der Waals surface area contributed by atoms with Crippen molar-refractivity contribution in [2.45, 2.75) is 26.2 Å². The molecule has 0 saturated carbocycles. The zero-order valence-electron chi connectivity index (χ0n) is 17.6. The van der Waals surface area contributed by atoms with Crippen LogP contribution in [0.2, 0.25) is 0 Å². The third-order valence-electron chi connectivity index (χ3n) is 5.71. The van der Waals surface area contributed by atoms with Crippen LogP contribution in [0.25, 0.3) is 11.3 Å². The van der Waals surface area contributed by atoms with Crippen molar-refractivity contribution < 1.29 is 14.1 Å². The second kappa shape index (κ2) is 9.12. The minimum Gasteiger partial charge on any atom is -0.361 e. The number of nitrogens with one attached hydrogen (secondary N) is 1. The third-order valence-corrected chi connectivity index (χ3v) is 5.71. The molecule has 0 bridgehead atoms. The maximum atomic E-state index is 13.2. The highest BCUT2D eigenvalue weighted by atomic mass is 16.5. The van der Waals surface area contributed by atoms with E-state index in [1.165, 1.54) is 0 Å². The van der Waals surface area contributed by atoms with Crippen LogP contribution in [0.15, 0.2) is 65.3 Å². The Morgan fingerprint density at radius 3 is 2.71 bits per heavy atom. The lowest BCUT2D eigenvalue weighted by molar-refractivity contribution is -0.134. The number of hydrogen-bond acceptors (Lipinski definition) is 5. The number of amides is 2. The highest BCUT2D eigenvalue weighted by molar-refractivity contribution is 5.93. The van der Waals surface area contributed by atoms with Crippen molar-refractivity contribution >= 4 is 11.8 Å². The monoisotopic (exact) mass is 418 g/mol. The number of carbonyl (C=O) groups is 2. The van der Waals surface area contributed by atoms with Crippen LogP contribution < -0.4 is 5.32 Å². The van der Waals surface area contributed by atoms with Gasteiger partial charge in [0.15, 0.2) is 0 Å². The molecule has 3 aromatic rings. The fourth-order valence-corrected chi connectivity index (χ4v) is 4.19. The van der Waals surface area contributed by atoms with E-state index in [1.807, 2.05) is 43.3 Å². The summed E-state index contributed by atoms with van der Waals surface area (Å²) in [5, 5.41) is 7.15. The predicted molar refractivity (Wildman–Crippen MR) is 116 cm³/mol. The molecule has 1 aromatic carbocycles. The Labute approximate surface area is 181 Å². The van der Waals surface area contributed by atoms with Crippen molar-refractivity contribution in [1.29, 1.82) is 0 Å². The normalized spacial score (nSPS) is 18.5. The molecule has 1 aliphatic rings. The molecule has 160 valence electrons. The summed E-state index contributed by atoms with van der Waals surface area (Å²) in [5.74, 6) is 0.417. The van der Waals surface area contributed by atoms with Gasteiger partial charge < -0.3 is 14.7 Å². The maximum Gasteiger partial charge on any atom is 0.272 e. The highest BCUT2D eigenvalue weighted by Gasteiger charge is 2.44. The molecule has 1 fully saturated rings. The standard InChI is InChI=1S/C24H26N4O3/c1-2-25-23(30)24(16-19-15-21(27-31-19)18-9-4-3-5-10-18)12-8-14-28(17-24)22(29)20-11-6-7-13-26-20/h3-7,9-11,13,15H,2,8,12,14,16-17H2,1H3,(H,25,30). The first-order valence-electron chi connectivity index (χ1n) is 10.6. The topological polar surface area (TPSA) is 88.3 Å². The molecule has 4 rings (SSSR count). The van der Waals surface area contributed by atoms with Crippen LogP contribution >= 0.6 is 0 Å². The van der Waals surface area contributed by atoms with Gasteiger partial charge in [0.2, 0.25) is 5.91 Å². The predicted octanol–water partition coefficient (Wildman–Crippen LogP) is 3.34. The van der Waals surface area contributed by atoms with E-state index in [-0.39, 0.29) is 11.8 Å². The number of nitrogens with zero attached hydrogens (tertiary/aromatic N) is 3. The number of aromatic nitrogens is 2. The summed E-state index contributed by atoms with van der Waals surface area (Å²) in [6.07, 6.45) is 3.39. The maximum absolute atomic E-state index is 13.2. The molecule has 3 heterocycles. The average molecular weight is 418 g/mol. The van der Waals surface area contributed by atoms with Gasteiger partial charge in [-0.2, -0.15) is 0 Å². The number of likely N-dealkylation sites (tertiary alicyclic amines) is 1. The van der Waals surface area contributed by atoms with E-state index in [4.69, 9.17) is 4.52 Å². The lowest BCUT2D eigenvalue weighted by atomic mass is 9.75. The molecule has 1 N–H and O–H groups in total. The molecule has 1 atom stereocenters. The largest absolute Gasteiger partial charge is 0.361 e. The lowest BCUT2D eigenvalue weighted by Crippen LogP contribution is -2.54. The average Bonchev–Trinajstić information content (AvgIpc) is 3.28. The van der Waals surface area contributed by atoms with Crippen LogP contribution in [0.5, 0.6) is 0 Å². The molecule has 1 aliphatic heterocycles. The number of pyridine rings is 1. The van der Waals surface area contributed by atoms with Gasteiger partial charge in [-0.1, -0.05) is 41.6 Å². The second-order valence-corrected chi connectivity index (χ2v) is 7.91. The fraction of sp³-hybridized carbons (Fsp3) is 0.333. The Balaban J connectivity index is 1.59. The minimum atomic E-state index is -0.772. The van der Waals surface area contributed by atoms with E-state index in [1.54, 1.807) is 29.3 Å². The first-order chi connectivity index (χ1) is 15.1. The van der Waals surface area contributed by atoms with Crippen LogP contribution in [-0.2, 0) is 11.2 Å². The van der Waals surface area contributed by atoms with Crippen LogP contribution in [0.4, 0.5) is 0 Å². The molecule has 31 heavy (non-hydrogen) atoms. The molecule has 1 unspecified atom stereocenters. The number of piperidine rings is 1. The quantitative estimate of drug-likeness (QED) is 0.663. The van der Waals surface area contributed by atoms with E-state index in [0.29, 0.717) is 43.9 Å². The number of hydrogen-bond donors (Lipinski definition) is 1. The van der Waals surface area contributed by atoms with Crippen molar-refractivity contribution in [3.05, 3.63) is 72.2 Å². The van der Waals surface area contributed by atoms with Gasteiger partial charge in [-0.25, -0.2) is 0 Å². The summed E-state index contributed by atoms with van der Waals surface area (Å²) < 4.78 is 5.61. The Kier molecular flexibility index (Phi) is 6.11. The van der Waals surface area contributed by atoms with Crippen LogP contribution in [-0.4, -0.2) is 46.5 Å². The summed E-state index contributed by atoms with van der Waals surface area (Å²) in [4.78, 5) is 32.1. The number of rotatable bonds is 6. The van der Waals surface area contributed by atoms with E-state index in [0.717, 1.165) is 17.7 Å². The molecule has 7 heteroatoms. The van der Waals surface area contributed by atoms with E-state index < -0.39 is 5.41 Å². The van der Waals surface area contributed by atoms with E-state index in [9.17, 15) is 9.59 Å². The Bertz CT molecular complexity index is 1040. The molecule has 0 aliphatic carbocycles. The smallest absolute Gasteiger partial charge is 0.272 e. The van der Waals surface area contributed by atoms with Crippen molar-refractivity contribution in [3.63, 3.8) is 0 Å². The molecule has 2 amide bonds. The lowest BCUT2D eigenvalue weighted by Gasteiger charge is -2.41. The summed E-state index contributed by atoms with van der Waals surface area (Å²) in [7, 11) is 0. The second-order valence-electron chi connectivity index (χ2n) is 7.91. The third kappa shape index (κ3) is 4.50. The van der Waals surface area contributed by atoms with Gasteiger partial charge in [0.25, 0.3) is 5.91 Å². The number of carbonyl (C=O) groups excluding carboxylic acids is 2. The van der Waals surface area contributed by atoms with Gasteiger partial charge in [0, 0.05) is 43.9 Å². The van der Waals surface area contributed by atoms with Crippen molar-refractivity contribution in [3.8, 4) is 11.3 Å². The van der Waals surface area contributed by atoms with Crippen LogP contribution in [0.1, 0.15) is 36.0 Å². The first-order valence-corrected chi connectivity index (χ1v) is 10.6. The number of benzene rings is 1. The van der Waals surface area contributed by atoms with Crippen molar-refractivity contribution in [2.75, 3.05) is 19.6 Å². The summed E-state index contributed by atoms with van der Waals surface area (Å²) in [6.45, 7) is 3.34. The molecule has 0 radical (unpaired) electrons. The van der Waals surface area contributed by atoms with E-state index in [2.05, 4.69) is 15.5 Å². The molecule has 1 saturated heterocycles. The molecule has 7 nitrogen and oxygen atoms in total. The molecule has 0 spiro atoms. The van der Waals surface area contributed by atoms with Gasteiger partial charge in [0.05, 0.1) is 5.41 Å². The Morgan fingerprint density at radius 1 is 1.16 bits per heavy atom. The minimum absolute atomic E-state index is 0.0637. The summed E-state index contributed by atoms with van der Waals surface area (Å²) in [5.41, 5.74) is 1.31. The first kappa shape index (κ1) is 20.8.